The monoisotopic (exact) mass is 507 g/mol. The first-order valence-electron chi connectivity index (χ1n) is 9.99. The van der Waals surface area contributed by atoms with E-state index in [2.05, 4.69) is 25.6 Å². The standard InChI is InChI=1S/C20H16F7N5O3/c1-8-13(10-3-4-11(21)14(22)15(10)34-18(23)24)16(35-19(8,2)20(25,26)27)17(33)28-9-5-6-32-12(7-9)29-30-31-32/h3-8,13,16,18H,1-2H3,(H,28,33)/t8-,13-,16+,19+/m0/s1. The zero-order valence-corrected chi connectivity index (χ0v) is 17.9. The second kappa shape index (κ2) is 8.62. The maximum Gasteiger partial charge on any atom is 0.417 e. The van der Waals surface area contributed by atoms with E-state index >= 15 is 0 Å². The third-order valence-corrected chi connectivity index (χ3v) is 6.04. The molecule has 0 spiro atoms. The van der Waals surface area contributed by atoms with Crippen molar-refractivity contribution in [2.45, 2.75) is 44.3 Å². The molecule has 0 aliphatic carbocycles. The van der Waals surface area contributed by atoms with Crippen molar-refractivity contribution in [3.63, 3.8) is 0 Å². The molecule has 2 aromatic heterocycles. The molecular weight excluding hydrogens is 491 g/mol. The number of tetrazole rings is 1. The number of hydrogen-bond donors (Lipinski definition) is 1. The molecule has 1 fully saturated rings. The minimum atomic E-state index is -5.01. The Labute approximate surface area is 192 Å². The van der Waals surface area contributed by atoms with Crippen molar-refractivity contribution in [3.05, 3.63) is 47.7 Å². The van der Waals surface area contributed by atoms with Crippen LogP contribution in [0.2, 0.25) is 0 Å². The molecule has 0 unspecified atom stereocenters. The molecule has 1 N–H and O–H groups in total. The van der Waals surface area contributed by atoms with Crippen molar-refractivity contribution >= 4 is 17.2 Å². The van der Waals surface area contributed by atoms with Gasteiger partial charge in [0.25, 0.3) is 5.91 Å². The van der Waals surface area contributed by atoms with Crippen molar-refractivity contribution in [3.8, 4) is 5.75 Å². The highest BCUT2D eigenvalue weighted by Gasteiger charge is 2.66. The summed E-state index contributed by atoms with van der Waals surface area (Å²) < 4.78 is 107. The summed E-state index contributed by atoms with van der Waals surface area (Å²) in [6, 6.07) is 3.99. The van der Waals surface area contributed by atoms with E-state index in [1.54, 1.807) is 0 Å². The summed E-state index contributed by atoms with van der Waals surface area (Å²) in [6.07, 6.45) is -5.59. The van der Waals surface area contributed by atoms with E-state index in [4.69, 9.17) is 4.74 Å². The van der Waals surface area contributed by atoms with Gasteiger partial charge in [0.15, 0.2) is 22.8 Å². The molecule has 1 aromatic carbocycles. The number of pyridine rings is 1. The predicted octanol–water partition coefficient (Wildman–Crippen LogP) is 4.08. The molecule has 1 aliphatic rings. The van der Waals surface area contributed by atoms with Gasteiger partial charge >= 0.3 is 12.8 Å². The molecule has 15 heteroatoms. The molecule has 35 heavy (non-hydrogen) atoms. The highest BCUT2D eigenvalue weighted by atomic mass is 19.4. The number of rotatable bonds is 5. The first-order valence-corrected chi connectivity index (χ1v) is 9.99. The molecule has 4 atom stereocenters. The van der Waals surface area contributed by atoms with E-state index < -0.39 is 65.2 Å². The van der Waals surface area contributed by atoms with Gasteiger partial charge in [0, 0.05) is 35.3 Å². The van der Waals surface area contributed by atoms with Gasteiger partial charge in [-0.3, -0.25) is 4.79 Å². The second-order valence-electron chi connectivity index (χ2n) is 8.00. The normalized spacial score (nSPS) is 24.8. The number of alkyl halides is 5. The van der Waals surface area contributed by atoms with Gasteiger partial charge in [-0.25, -0.2) is 8.91 Å². The lowest BCUT2D eigenvalue weighted by atomic mass is 9.77. The summed E-state index contributed by atoms with van der Waals surface area (Å²) in [6.45, 7) is -1.88. The number of nitrogens with one attached hydrogen (secondary N) is 1. The Morgan fingerprint density at radius 2 is 1.97 bits per heavy atom. The Bertz CT molecular complexity index is 1270. The van der Waals surface area contributed by atoms with Gasteiger partial charge in [-0.05, 0) is 29.5 Å². The molecule has 1 amide bonds. The molecular formula is C20H16F7N5O3. The van der Waals surface area contributed by atoms with E-state index in [0.29, 0.717) is 13.0 Å². The SMILES string of the molecule is C[C@H]1[C@@H](c2ccc(F)c(F)c2OC(F)F)[C@H](C(=O)Nc2ccn3nnnc3c2)O[C@@]1(C)C(F)(F)F. The fourth-order valence-electron chi connectivity index (χ4n) is 4.07. The van der Waals surface area contributed by atoms with Crippen molar-refractivity contribution < 1.29 is 45.0 Å². The summed E-state index contributed by atoms with van der Waals surface area (Å²) >= 11 is 0. The molecule has 1 saturated heterocycles. The summed E-state index contributed by atoms with van der Waals surface area (Å²) in [5.74, 6) is -9.06. The lowest BCUT2D eigenvalue weighted by molar-refractivity contribution is -0.272. The number of amides is 1. The van der Waals surface area contributed by atoms with Crippen LogP contribution in [0.25, 0.3) is 5.65 Å². The van der Waals surface area contributed by atoms with Crippen LogP contribution in [0.5, 0.6) is 5.75 Å². The van der Waals surface area contributed by atoms with E-state index in [1.807, 2.05) is 0 Å². The average Bonchev–Trinajstić information content (AvgIpc) is 3.34. The zero-order chi connectivity index (χ0) is 25.7. The summed E-state index contributed by atoms with van der Waals surface area (Å²) in [7, 11) is 0. The lowest BCUT2D eigenvalue weighted by Crippen LogP contribution is -2.47. The van der Waals surface area contributed by atoms with Gasteiger partial charge < -0.3 is 14.8 Å². The molecule has 188 valence electrons. The highest BCUT2D eigenvalue weighted by molar-refractivity contribution is 5.95. The number of anilines is 1. The van der Waals surface area contributed by atoms with Crippen molar-refractivity contribution in [2.75, 3.05) is 5.32 Å². The number of carbonyl (C=O) groups is 1. The first-order chi connectivity index (χ1) is 16.3. The van der Waals surface area contributed by atoms with Crippen LogP contribution in [0.15, 0.2) is 30.5 Å². The van der Waals surface area contributed by atoms with Crippen molar-refractivity contribution in [1.29, 1.82) is 0 Å². The van der Waals surface area contributed by atoms with E-state index in [0.717, 1.165) is 13.0 Å². The quantitative estimate of drug-likeness (QED) is 0.524. The van der Waals surface area contributed by atoms with Crippen LogP contribution in [-0.4, -0.2) is 50.4 Å². The minimum absolute atomic E-state index is 0.0854. The maximum atomic E-state index is 14.4. The summed E-state index contributed by atoms with van der Waals surface area (Å²) in [5.41, 5.74) is -3.23. The van der Waals surface area contributed by atoms with Gasteiger partial charge in [0.2, 0.25) is 5.82 Å². The molecule has 0 bridgehead atoms. The molecule has 4 rings (SSSR count). The number of hydrogen-bond acceptors (Lipinski definition) is 6. The number of fused-ring (bicyclic) bond motifs is 1. The average molecular weight is 507 g/mol. The Balaban J connectivity index is 1.78. The second-order valence-corrected chi connectivity index (χ2v) is 8.00. The van der Waals surface area contributed by atoms with E-state index in [1.165, 1.54) is 22.8 Å². The van der Waals surface area contributed by atoms with Crippen LogP contribution in [0.3, 0.4) is 0 Å². The van der Waals surface area contributed by atoms with Crippen LogP contribution < -0.4 is 10.1 Å². The third kappa shape index (κ3) is 4.24. The first kappa shape index (κ1) is 24.6. The number of nitrogens with zero attached hydrogens (tertiary/aromatic N) is 4. The Hall–Kier alpha value is -3.49. The highest BCUT2D eigenvalue weighted by Crippen LogP contribution is 2.55. The van der Waals surface area contributed by atoms with Crippen molar-refractivity contribution in [2.24, 2.45) is 5.92 Å². The lowest BCUT2D eigenvalue weighted by Gasteiger charge is -2.32. The number of carbonyl (C=O) groups excluding carboxylic acids is 1. The minimum Gasteiger partial charge on any atom is -0.431 e. The van der Waals surface area contributed by atoms with E-state index in [9.17, 15) is 35.5 Å². The molecule has 0 radical (unpaired) electrons. The fourth-order valence-corrected chi connectivity index (χ4v) is 4.07. The Morgan fingerprint density at radius 1 is 1.26 bits per heavy atom. The number of aromatic nitrogens is 4. The van der Waals surface area contributed by atoms with Gasteiger partial charge in [-0.2, -0.15) is 26.3 Å². The van der Waals surface area contributed by atoms with Crippen LogP contribution in [0.4, 0.5) is 36.4 Å². The van der Waals surface area contributed by atoms with Crippen molar-refractivity contribution in [1.82, 2.24) is 20.0 Å². The number of ether oxygens (including phenoxy) is 2. The van der Waals surface area contributed by atoms with Gasteiger partial charge in [-0.1, -0.05) is 13.0 Å². The van der Waals surface area contributed by atoms with Gasteiger partial charge in [-0.15, -0.1) is 5.10 Å². The Kier molecular flexibility index (Phi) is 6.07. The molecule has 3 heterocycles. The molecule has 0 saturated carbocycles. The van der Waals surface area contributed by atoms with Crippen LogP contribution >= 0.6 is 0 Å². The maximum absolute atomic E-state index is 14.4. The smallest absolute Gasteiger partial charge is 0.417 e. The molecule has 1 aliphatic heterocycles. The van der Waals surface area contributed by atoms with Crippen LogP contribution in [-0.2, 0) is 9.53 Å². The molecule has 3 aromatic rings. The zero-order valence-electron chi connectivity index (χ0n) is 17.9. The summed E-state index contributed by atoms with van der Waals surface area (Å²) in [4.78, 5) is 13.1. The Morgan fingerprint density at radius 3 is 2.63 bits per heavy atom. The van der Waals surface area contributed by atoms with Gasteiger partial charge in [0.1, 0.15) is 6.10 Å². The van der Waals surface area contributed by atoms with Crippen LogP contribution in [0.1, 0.15) is 25.3 Å². The van der Waals surface area contributed by atoms with Crippen LogP contribution in [0, 0.1) is 17.6 Å². The van der Waals surface area contributed by atoms with E-state index in [-0.39, 0.29) is 11.3 Å². The largest absolute Gasteiger partial charge is 0.431 e. The third-order valence-electron chi connectivity index (χ3n) is 6.04. The van der Waals surface area contributed by atoms with Gasteiger partial charge in [0.05, 0.1) is 0 Å². The summed E-state index contributed by atoms with van der Waals surface area (Å²) in [5, 5.41) is 13.1. The molecule has 8 nitrogen and oxygen atoms in total. The number of benzene rings is 1. The topological polar surface area (TPSA) is 90.6 Å². The predicted molar refractivity (Wildman–Crippen MR) is 104 cm³/mol. The number of halogens is 7. The fraction of sp³-hybridized carbons (Fsp3) is 0.400.